The second-order valence-corrected chi connectivity index (χ2v) is 4.92. The Hall–Kier alpha value is -1.39. The molecule has 1 aromatic heterocycles. The lowest BCUT2D eigenvalue weighted by Gasteiger charge is -2.04. The van der Waals surface area contributed by atoms with E-state index in [1.807, 2.05) is 0 Å². The zero-order chi connectivity index (χ0) is 12.3. The molecule has 0 atom stereocenters. The molecule has 17 heavy (non-hydrogen) atoms. The summed E-state index contributed by atoms with van der Waals surface area (Å²) in [6, 6.07) is 6.29. The lowest BCUT2D eigenvalue weighted by molar-refractivity contribution is 0.280. The van der Waals surface area contributed by atoms with Gasteiger partial charge in [0.25, 0.3) is 0 Å². The van der Waals surface area contributed by atoms with E-state index in [9.17, 15) is 0 Å². The standard InChI is InChI=1S/C13H14N2OS/c1-9-3-4-12(5-10(9)2)17-13-14-6-11(8-16)7-15-13/h3-7,16H,8H2,1-2H3. The molecule has 0 unspecified atom stereocenters. The maximum Gasteiger partial charge on any atom is 0.192 e. The minimum Gasteiger partial charge on any atom is -0.392 e. The van der Waals surface area contributed by atoms with E-state index in [0.29, 0.717) is 5.16 Å². The molecule has 0 fully saturated rings. The number of rotatable bonds is 3. The van der Waals surface area contributed by atoms with Crippen LogP contribution in [0.15, 0.2) is 40.6 Å². The molecule has 0 aliphatic carbocycles. The van der Waals surface area contributed by atoms with Gasteiger partial charge in [0, 0.05) is 22.9 Å². The third-order valence-corrected chi connectivity index (χ3v) is 3.43. The Labute approximate surface area is 105 Å². The molecule has 0 radical (unpaired) electrons. The van der Waals surface area contributed by atoms with Gasteiger partial charge in [-0.2, -0.15) is 0 Å². The fraction of sp³-hybridized carbons (Fsp3) is 0.231. The molecule has 1 aromatic carbocycles. The quantitative estimate of drug-likeness (QED) is 0.846. The van der Waals surface area contributed by atoms with E-state index in [1.54, 1.807) is 12.4 Å². The predicted octanol–water partition coefficient (Wildman–Crippen LogP) is 2.74. The molecule has 1 N–H and O–H groups in total. The predicted molar refractivity (Wildman–Crippen MR) is 68.0 cm³/mol. The molecule has 0 saturated carbocycles. The Kier molecular flexibility index (Phi) is 3.76. The van der Waals surface area contributed by atoms with Crippen LogP contribution in [0.3, 0.4) is 0 Å². The molecule has 0 bridgehead atoms. The van der Waals surface area contributed by atoms with E-state index in [2.05, 4.69) is 42.0 Å². The molecular weight excluding hydrogens is 232 g/mol. The minimum absolute atomic E-state index is 0.0193. The second-order valence-electron chi connectivity index (χ2n) is 3.88. The third kappa shape index (κ3) is 3.05. The summed E-state index contributed by atoms with van der Waals surface area (Å²) in [6.45, 7) is 4.17. The highest BCUT2D eigenvalue weighted by molar-refractivity contribution is 7.99. The maximum absolute atomic E-state index is 8.90. The lowest BCUT2D eigenvalue weighted by atomic mass is 10.1. The second kappa shape index (κ2) is 5.29. The van der Waals surface area contributed by atoms with Crippen LogP contribution in [0.4, 0.5) is 0 Å². The van der Waals surface area contributed by atoms with Gasteiger partial charge in [-0.15, -0.1) is 0 Å². The van der Waals surface area contributed by atoms with Crippen molar-refractivity contribution >= 4 is 11.8 Å². The Bertz CT molecular complexity index is 511. The van der Waals surface area contributed by atoms with Crippen LogP contribution in [0.5, 0.6) is 0 Å². The smallest absolute Gasteiger partial charge is 0.192 e. The SMILES string of the molecule is Cc1ccc(Sc2ncc(CO)cn2)cc1C. The fourth-order valence-electron chi connectivity index (χ4n) is 1.36. The van der Waals surface area contributed by atoms with E-state index in [0.717, 1.165) is 10.5 Å². The molecule has 4 heteroatoms. The van der Waals surface area contributed by atoms with Crippen LogP contribution in [-0.2, 0) is 6.61 Å². The Morgan fingerprint density at radius 3 is 2.41 bits per heavy atom. The number of hydrogen-bond donors (Lipinski definition) is 1. The maximum atomic E-state index is 8.90. The molecule has 0 aliphatic heterocycles. The summed E-state index contributed by atoms with van der Waals surface area (Å²) in [7, 11) is 0. The number of hydrogen-bond acceptors (Lipinski definition) is 4. The first-order valence-corrected chi connectivity index (χ1v) is 6.17. The van der Waals surface area contributed by atoms with Gasteiger partial charge in [-0.1, -0.05) is 6.07 Å². The van der Waals surface area contributed by atoms with Gasteiger partial charge in [-0.05, 0) is 48.9 Å². The summed E-state index contributed by atoms with van der Waals surface area (Å²) in [5.74, 6) is 0. The summed E-state index contributed by atoms with van der Waals surface area (Å²) in [5, 5.41) is 9.60. The van der Waals surface area contributed by atoms with E-state index in [1.165, 1.54) is 22.9 Å². The number of aliphatic hydroxyl groups excluding tert-OH is 1. The number of aliphatic hydroxyl groups is 1. The summed E-state index contributed by atoms with van der Waals surface area (Å²) in [6.07, 6.45) is 3.30. The number of aromatic nitrogens is 2. The van der Waals surface area contributed by atoms with Gasteiger partial charge in [0.05, 0.1) is 6.61 Å². The van der Waals surface area contributed by atoms with Gasteiger partial charge < -0.3 is 5.11 Å². The van der Waals surface area contributed by atoms with Crippen molar-refractivity contribution in [2.24, 2.45) is 0 Å². The number of aryl methyl sites for hydroxylation is 2. The van der Waals surface area contributed by atoms with Gasteiger partial charge in [-0.25, -0.2) is 9.97 Å². The Balaban J connectivity index is 2.16. The van der Waals surface area contributed by atoms with E-state index in [4.69, 9.17) is 5.11 Å². The molecule has 0 amide bonds. The van der Waals surface area contributed by atoms with E-state index in [-0.39, 0.29) is 6.61 Å². The summed E-state index contributed by atoms with van der Waals surface area (Å²) in [5.41, 5.74) is 3.28. The van der Waals surface area contributed by atoms with Crippen molar-refractivity contribution in [1.29, 1.82) is 0 Å². The van der Waals surface area contributed by atoms with Crippen molar-refractivity contribution < 1.29 is 5.11 Å². The first-order chi connectivity index (χ1) is 8.19. The molecular formula is C13H14N2OS. The molecule has 0 aliphatic rings. The van der Waals surface area contributed by atoms with Crippen LogP contribution >= 0.6 is 11.8 Å². The van der Waals surface area contributed by atoms with Crippen molar-refractivity contribution in [3.63, 3.8) is 0 Å². The highest BCUT2D eigenvalue weighted by atomic mass is 32.2. The summed E-state index contributed by atoms with van der Waals surface area (Å²) < 4.78 is 0. The zero-order valence-electron chi connectivity index (χ0n) is 9.84. The largest absolute Gasteiger partial charge is 0.392 e. The van der Waals surface area contributed by atoms with Crippen LogP contribution < -0.4 is 0 Å². The van der Waals surface area contributed by atoms with Gasteiger partial charge in [0.15, 0.2) is 5.16 Å². The third-order valence-electron chi connectivity index (χ3n) is 2.55. The number of nitrogens with zero attached hydrogens (tertiary/aromatic N) is 2. The zero-order valence-corrected chi connectivity index (χ0v) is 10.7. The van der Waals surface area contributed by atoms with Crippen LogP contribution in [0, 0.1) is 13.8 Å². The lowest BCUT2D eigenvalue weighted by Crippen LogP contribution is -1.90. The highest BCUT2D eigenvalue weighted by Crippen LogP contribution is 2.25. The van der Waals surface area contributed by atoms with Gasteiger partial charge >= 0.3 is 0 Å². The molecule has 88 valence electrons. The first kappa shape index (κ1) is 12.1. The average molecular weight is 246 g/mol. The Morgan fingerprint density at radius 2 is 1.82 bits per heavy atom. The van der Waals surface area contributed by atoms with Gasteiger partial charge in [0.2, 0.25) is 0 Å². The highest BCUT2D eigenvalue weighted by Gasteiger charge is 2.02. The first-order valence-electron chi connectivity index (χ1n) is 5.36. The van der Waals surface area contributed by atoms with Crippen molar-refractivity contribution in [3.05, 3.63) is 47.3 Å². The normalized spacial score (nSPS) is 10.5. The van der Waals surface area contributed by atoms with E-state index >= 15 is 0 Å². The number of benzene rings is 1. The molecule has 1 heterocycles. The van der Waals surface area contributed by atoms with E-state index < -0.39 is 0 Å². The van der Waals surface area contributed by atoms with Crippen LogP contribution in [-0.4, -0.2) is 15.1 Å². The topological polar surface area (TPSA) is 46.0 Å². The van der Waals surface area contributed by atoms with Crippen LogP contribution in [0.1, 0.15) is 16.7 Å². The van der Waals surface area contributed by atoms with Crippen molar-refractivity contribution in [2.75, 3.05) is 0 Å². The summed E-state index contributed by atoms with van der Waals surface area (Å²) in [4.78, 5) is 9.51. The van der Waals surface area contributed by atoms with Gasteiger partial charge in [0.1, 0.15) is 0 Å². The molecule has 3 nitrogen and oxygen atoms in total. The minimum atomic E-state index is -0.0193. The van der Waals surface area contributed by atoms with Gasteiger partial charge in [-0.3, -0.25) is 0 Å². The van der Waals surface area contributed by atoms with Crippen molar-refractivity contribution in [1.82, 2.24) is 9.97 Å². The van der Waals surface area contributed by atoms with Crippen molar-refractivity contribution in [3.8, 4) is 0 Å². The molecule has 2 aromatic rings. The van der Waals surface area contributed by atoms with Crippen molar-refractivity contribution in [2.45, 2.75) is 30.5 Å². The fourth-order valence-corrected chi connectivity index (χ4v) is 2.15. The molecule has 0 spiro atoms. The Morgan fingerprint density at radius 1 is 1.12 bits per heavy atom. The molecule has 0 saturated heterocycles. The monoisotopic (exact) mass is 246 g/mol. The van der Waals surface area contributed by atoms with Crippen LogP contribution in [0.25, 0.3) is 0 Å². The van der Waals surface area contributed by atoms with Crippen LogP contribution in [0.2, 0.25) is 0 Å². The summed E-state index contributed by atoms with van der Waals surface area (Å²) >= 11 is 1.53. The molecule has 2 rings (SSSR count). The average Bonchev–Trinajstić information content (AvgIpc) is 2.35.